The molecule has 0 bridgehead atoms. The summed E-state index contributed by atoms with van der Waals surface area (Å²) in [5.41, 5.74) is 0.272. The fraction of sp³-hybridized carbons (Fsp3) is 0.429. The summed E-state index contributed by atoms with van der Waals surface area (Å²) >= 11 is 0. The average molecular weight is 266 g/mol. The standard InChI is InChI=1S/C14H19FN2O2/c1-10(2)8-13(18)16-6-7-17-14(19)11-4-3-5-12(15)9-11/h3-5,9-10H,6-8H2,1-2H3,(H,16,18)(H,17,19). The van der Waals surface area contributed by atoms with Crippen LogP contribution in [0.15, 0.2) is 24.3 Å². The first-order valence-electron chi connectivity index (χ1n) is 6.29. The molecule has 0 heterocycles. The van der Waals surface area contributed by atoms with Gasteiger partial charge in [0.05, 0.1) is 0 Å². The van der Waals surface area contributed by atoms with Crippen LogP contribution in [-0.4, -0.2) is 24.9 Å². The minimum absolute atomic E-state index is 0.0324. The summed E-state index contributed by atoms with van der Waals surface area (Å²) in [4.78, 5) is 23.0. The number of amides is 2. The molecule has 0 aliphatic carbocycles. The highest BCUT2D eigenvalue weighted by atomic mass is 19.1. The lowest BCUT2D eigenvalue weighted by atomic mass is 10.1. The Morgan fingerprint density at radius 2 is 1.89 bits per heavy atom. The molecule has 0 fully saturated rings. The van der Waals surface area contributed by atoms with Gasteiger partial charge in [0.1, 0.15) is 5.82 Å². The van der Waals surface area contributed by atoms with Gasteiger partial charge in [0.15, 0.2) is 0 Å². The van der Waals surface area contributed by atoms with Crippen LogP contribution in [0.4, 0.5) is 4.39 Å². The van der Waals surface area contributed by atoms with Crippen molar-refractivity contribution in [3.8, 4) is 0 Å². The number of benzene rings is 1. The summed E-state index contributed by atoms with van der Waals surface area (Å²) in [5.74, 6) is -0.521. The predicted molar refractivity (Wildman–Crippen MR) is 71.2 cm³/mol. The number of rotatable bonds is 6. The zero-order valence-electron chi connectivity index (χ0n) is 11.2. The van der Waals surface area contributed by atoms with Crippen LogP contribution in [0, 0.1) is 11.7 Å². The number of hydrogen-bond acceptors (Lipinski definition) is 2. The zero-order chi connectivity index (χ0) is 14.3. The van der Waals surface area contributed by atoms with Gasteiger partial charge in [-0.3, -0.25) is 9.59 Å². The molecule has 0 saturated heterocycles. The number of hydrogen-bond donors (Lipinski definition) is 2. The van der Waals surface area contributed by atoms with E-state index in [1.54, 1.807) is 0 Å². The number of carbonyl (C=O) groups is 2. The summed E-state index contributed by atoms with van der Waals surface area (Å²) in [6.07, 6.45) is 0.470. The molecule has 0 radical (unpaired) electrons. The maximum Gasteiger partial charge on any atom is 0.251 e. The second-order valence-corrected chi connectivity index (χ2v) is 4.71. The summed E-state index contributed by atoms with van der Waals surface area (Å²) < 4.78 is 12.9. The van der Waals surface area contributed by atoms with Crippen molar-refractivity contribution >= 4 is 11.8 Å². The lowest BCUT2D eigenvalue weighted by molar-refractivity contribution is -0.121. The molecule has 0 saturated carbocycles. The third-order valence-electron chi connectivity index (χ3n) is 2.41. The van der Waals surface area contributed by atoms with Crippen LogP contribution in [0.3, 0.4) is 0 Å². The molecule has 1 aromatic carbocycles. The summed E-state index contributed by atoms with van der Waals surface area (Å²) in [6, 6.07) is 5.47. The topological polar surface area (TPSA) is 58.2 Å². The van der Waals surface area contributed by atoms with Gasteiger partial charge in [-0.1, -0.05) is 19.9 Å². The van der Waals surface area contributed by atoms with E-state index in [9.17, 15) is 14.0 Å². The first kappa shape index (κ1) is 15.1. The van der Waals surface area contributed by atoms with E-state index in [4.69, 9.17) is 0 Å². The smallest absolute Gasteiger partial charge is 0.251 e. The molecule has 0 aliphatic rings. The van der Waals surface area contributed by atoms with Crippen LogP contribution >= 0.6 is 0 Å². The summed E-state index contributed by atoms with van der Waals surface area (Å²) in [6.45, 7) is 4.61. The molecule has 104 valence electrons. The van der Waals surface area contributed by atoms with E-state index in [2.05, 4.69) is 10.6 Å². The van der Waals surface area contributed by atoms with Gasteiger partial charge in [-0.05, 0) is 24.1 Å². The van der Waals surface area contributed by atoms with Crippen molar-refractivity contribution in [2.24, 2.45) is 5.92 Å². The normalized spacial score (nSPS) is 10.3. The van der Waals surface area contributed by atoms with Gasteiger partial charge < -0.3 is 10.6 Å². The van der Waals surface area contributed by atoms with E-state index in [1.165, 1.54) is 24.3 Å². The first-order chi connectivity index (χ1) is 8.99. The molecule has 19 heavy (non-hydrogen) atoms. The minimum Gasteiger partial charge on any atom is -0.354 e. The van der Waals surface area contributed by atoms with Crippen molar-refractivity contribution in [3.63, 3.8) is 0 Å². The van der Waals surface area contributed by atoms with Crippen molar-refractivity contribution in [1.82, 2.24) is 10.6 Å². The average Bonchev–Trinajstić information content (AvgIpc) is 2.33. The van der Waals surface area contributed by atoms with Gasteiger partial charge in [0.2, 0.25) is 5.91 Å². The second-order valence-electron chi connectivity index (χ2n) is 4.71. The van der Waals surface area contributed by atoms with Crippen molar-refractivity contribution in [3.05, 3.63) is 35.6 Å². The molecule has 0 spiro atoms. The Kier molecular flexibility index (Phi) is 5.99. The number of carbonyl (C=O) groups excluding carboxylic acids is 2. The first-order valence-corrected chi connectivity index (χ1v) is 6.29. The maximum absolute atomic E-state index is 12.9. The van der Waals surface area contributed by atoms with Gasteiger partial charge in [0, 0.05) is 25.1 Å². The number of nitrogens with one attached hydrogen (secondary N) is 2. The van der Waals surface area contributed by atoms with Crippen LogP contribution in [-0.2, 0) is 4.79 Å². The largest absolute Gasteiger partial charge is 0.354 e. The monoisotopic (exact) mass is 266 g/mol. The highest BCUT2D eigenvalue weighted by Gasteiger charge is 2.06. The Labute approximate surface area is 112 Å². The molecular weight excluding hydrogens is 247 g/mol. The van der Waals surface area contributed by atoms with Crippen molar-refractivity contribution in [2.75, 3.05) is 13.1 Å². The third-order valence-corrected chi connectivity index (χ3v) is 2.41. The maximum atomic E-state index is 12.9. The Morgan fingerprint density at radius 3 is 2.53 bits per heavy atom. The van der Waals surface area contributed by atoms with E-state index in [0.717, 1.165) is 0 Å². The van der Waals surface area contributed by atoms with Gasteiger partial charge in [0.25, 0.3) is 5.91 Å². The highest BCUT2D eigenvalue weighted by molar-refractivity contribution is 5.94. The molecule has 4 nitrogen and oxygen atoms in total. The van der Waals surface area contributed by atoms with Gasteiger partial charge in [-0.25, -0.2) is 4.39 Å². The molecule has 0 aromatic heterocycles. The van der Waals surface area contributed by atoms with Crippen LogP contribution in [0.25, 0.3) is 0 Å². The van der Waals surface area contributed by atoms with E-state index < -0.39 is 5.82 Å². The zero-order valence-corrected chi connectivity index (χ0v) is 11.2. The van der Waals surface area contributed by atoms with Crippen molar-refractivity contribution < 1.29 is 14.0 Å². The van der Waals surface area contributed by atoms with Gasteiger partial charge >= 0.3 is 0 Å². The minimum atomic E-state index is -0.446. The summed E-state index contributed by atoms with van der Waals surface area (Å²) in [7, 11) is 0. The van der Waals surface area contributed by atoms with Crippen LogP contribution < -0.4 is 10.6 Å². The lowest BCUT2D eigenvalue weighted by Gasteiger charge is -2.08. The molecule has 1 rings (SSSR count). The number of halogens is 1. The molecular formula is C14H19FN2O2. The second kappa shape index (κ2) is 7.51. The molecule has 5 heteroatoms. The van der Waals surface area contributed by atoms with Crippen LogP contribution in [0.2, 0.25) is 0 Å². The highest BCUT2D eigenvalue weighted by Crippen LogP contribution is 2.02. The molecule has 1 aromatic rings. The quantitative estimate of drug-likeness (QED) is 0.770. The SMILES string of the molecule is CC(C)CC(=O)NCCNC(=O)c1cccc(F)c1. The Hall–Kier alpha value is -1.91. The van der Waals surface area contributed by atoms with Gasteiger partial charge in [-0.2, -0.15) is 0 Å². The van der Waals surface area contributed by atoms with E-state index >= 15 is 0 Å². The van der Waals surface area contributed by atoms with E-state index in [1.807, 2.05) is 13.8 Å². The molecule has 0 aliphatic heterocycles. The molecule has 2 amide bonds. The van der Waals surface area contributed by atoms with Gasteiger partial charge in [-0.15, -0.1) is 0 Å². The molecule has 0 atom stereocenters. The van der Waals surface area contributed by atoms with Crippen molar-refractivity contribution in [2.45, 2.75) is 20.3 Å². The van der Waals surface area contributed by atoms with E-state index in [-0.39, 0.29) is 17.4 Å². The Balaban J connectivity index is 2.26. The van der Waals surface area contributed by atoms with Crippen LogP contribution in [0.5, 0.6) is 0 Å². The fourth-order valence-corrected chi connectivity index (χ4v) is 1.55. The summed E-state index contributed by atoms with van der Waals surface area (Å²) in [5, 5.41) is 5.32. The lowest BCUT2D eigenvalue weighted by Crippen LogP contribution is -2.35. The third kappa shape index (κ3) is 5.99. The molecule has 0 unspecified atom stereocenters. The van der Waals surface area contributed by atoms with E-state index in [0.29, 0.717) is 25.4 Å². The Morgan fingerprint density at radius 1 is 1.21 bits per heavy atom. The van der Waals surface area contributed by atoms with Crippen molar-refractivity contribution in [1.29, 1.82) is 0 Å². The predicted octanol–water partition coefficient (Wildman–Crippen LogP) is 1.72. The van der Waals surface area contributed by atoms with Crippen LogP contribution in [0.1, 0.15) is 30.6 Å². The molecule has 2 N–H and O–H groups in total. The fourth-order valence-electron chi connectivity index (χ4n) is 1.55. The Bertz CT molecular complexity index is 447.